The van der Waals surface area contributed by atoms with Crippen molar-refractivity contribution >= 4 is 11.2 Å². The molecule has 0 aliphatic heterocycles. The van der Waals surface area contributed by atoms with E-state index in [1.807, 2.05) is 0 Å². The Labute approximate surface area is 129 Å². The van der Waals surface area contributed by atoms with Crippen LogP contribution in [0.4, 0.5) is 13.2 Å². The molecule has 3 rings (SSSR count). The first-order valence-electron chi connectivity index (χ1n) is 6.89. The van der Waals surface area contributed by atoms with E-state index in [9.17, 15) is 18.0 Å². The fourth-order valence-corrected chi connectivity index (χ4v) is 2.32. The molecule has 0 bridgehead atoms. The van der Waals surface area contributed by atoms with E-state index in [0.29, 0.717) is 16.6 Å². The lowest BCUT2D eigenvalue weighted by Crippen LogP contribution is -2.27. The zero-order valence-electron chi connectivity index (χ0n) is 11.9. The van der Waals surface area contributed by atoms with Gasteiger partial charge in [0.05, 0.1) is 6.54 Å². The number of rotatable bonds is 4. The molecule has 3 aromatic rings. The molecule has 1 aromatic carbocycles. The molecule has 7 heteroatoms. The predicted molar refractivity (Wildman–Crippen MR) is 80.1 cm³/mol. The van der Waals surface area contributed by atoms with E-state index in [-0.39, 0.29) is 11.3 Å². The number of benzene rings is 1. The summed E-state index contributed by atoms with van der Waals surface area (Å²) in [6, 6.07) is 9.37. The highest BCUT2D eigenvalue weighted by atomic mass is 19.3. The van der Waals surface area contributed by atoms with Crippen molar-refractivity contribution in [3.05, 3.63) is 58.5 Å². The second-order valence-electron chi connectivity index (χ2n) is 4.94. The second kappa shape index (κ2) is 6.20. The van der Waals surface area contributed by atoms with Crippen molar-refractivity contribution < 1.29 is 13.2 Å². The molecule has 118 valence electrons. The molecule has 0 radical (unpaired) electrons. The van der Waals surface area contributed by atoms with E-state index in [4.69, 9.17) is 0 Å². The molecule has 0 saturated carbocycles. The molecule has 2 aromatic heterocycles. The highest BCUT2D eigenvalue weighted by Gasteiger charge is 2.16. The Hall–Kier alpha value is -2.70. The molecule has 0 saturated heterocycles. The van der Waals surface area contributed by atoms with Gasteiger partial charge in [-0.2, -0.15) is 0 Å². The molecule has 0 amide bonds. The van der Waals surface area contributed by atoms with Crippen LogP contribution in [0.2, 0.25) is 0 Å². The Morgan fingerprint density at radius 3 is 2.52 bits per heavy atom. The van der Waals surface area contributed by atoms with Crippen LogP contribution in [0.5, 0.6) is 0 Å². The first-order chi connectivity index (χ1) is 11.1. The highest BCUT2D eigenvalue weighted by Crippen LogP contribution is 2.18. The van der Waals surface area contributed by atoms with Crippen LogP contribution in [0.25, 0.3) is 22.4 Å². The standard InChI is InChI=1S/C16H12F3N3O/c17-8-10-3-5-11(6-4-10)14-16(23)22(9-13(18)19)15-12(21-14)2-1-7-20-15/h1-7,13H,8-9H2. The van der Waals surface area contributed by atoms with Gasteiger partial charge < -0.3 is 0 Å². The number of fused-ring (bicyclic) bond motifs is 1. The van der Waals surface area contributed by atoms with E-state index in [0.717, 1.165) is 4.57 Å². The van der Waals surface area contributed by atoms with Crippen LogP contribution in [-0.2, 0) is 13.2 Å². The third-order valence-corrected chi connectivity index (χ3v) is 3.40. The molecule has 0 N–H and O–H groups in total. The lowest BCUT2D eigenvalue weighted by Gasteiger charge is -2.11. The topological polar surface area (TPSA) is 47.8 Å². The monoisotopic (exact) mass is 319 g/mol. The van der Waals surface area contributed by atoms with E-state index >= 15 is 0 Å². The fraction of sp³-hybridized carbons (Fsp3) is 0.188. The Bertz CT molecular complexity index is 891. The second-order valence-corrected chi connectivity index (χ2v) is 4.94. The molecule has 0 unspecified atom stereocenters. The van der Waals surface area contributed by atoms with Crippen LogP contribution in [0.3, 0.4) is 0 Å². The maximum atomic E-state index is 12.8. The number of pyridine rings is 1. The van der Waals surface area contributed by atoms with E-state index in [2.05, 4.69) is 9.97 Å². The lowest BCUT2D eigenvalue weighted by molar-refractivity contribution is 0.126. The van der Waals surface area contributed by atoms with Gasteiger partial charge in [0.1, 0.15) is 17.9 Å². The first-order valence-corrected chi connectivity index (χ1v) is 6.89. The van der Waals surface area contributed by atoms with Crippen molar-refractivity contribution in [2.45, 2.75) is 19.6 Å². The lowest BCUT2D eigenvalue weighted by atomic mass is 10.1. The zero-order valence-corrected chi connectivity index (χ0v) is 11.9. The zero-order chi connectivity index (χ0) is 16.4. The maximum absolute atomic E-state index is 12.8. The van der Waals surface area contributed by atoms with Crippen molar-refractivity contribution in [3.63, 3.8) is 0 Å². The van der Waals surface area contributed by atoms with Crippen LogP contribution < -0.4 is 5.56 Å². The van der Waals surface area contributed by atoms with Gasteiger partial charge in [0.25, 0.3) is 12.0 Å². The average molecular weight is 319 g/mol. The summed E-state index contributed by atoms with van der Waals surface area (Å²) in [4.78, 5) is 20.7. The molecule has 0 spiro atoms. The number of hydrogen-bond acceptors (Lipinski definition) is 3. The summed E-state index contributed by atoms with van der Waals surface area (Å²) in [6.07, 6.45) is -1.27. The maximum Gasteiger partial charge on any atom is 0.278 e. The van der Waals surface area contributed by atoms with Gasteiger partial charge in [-0.25, -0.2) is 23.1 Å². The van der Waals surface area contributed by atoms with Gasteiger partial charge in [0.15, 0.2) is 5.65 Å². The van der Waals surface area contributed by atoms with Gasteiger partial charge in [-0.1, -0.05) is 24.3 Å². The van der Waals surface area contributed by atoms with E-state index < -0.39 is 25.2 Å². The number of halogens is 3. The minimum absolute atomic E-state index is 0.0385. The van der Waals surface area contributed by atoms with E-state index in [1.165, 1.54) is 18.3 Å². The van der Waals surface area contributed by atoms with Crippen LogP contribution in [0, 0.1) is 0 Å². The fourth-order valence-electron chi connectivity index (χ4n) is 2.32. The molecular formula is C16H12F3N3O. The van der Waals surface area contributed by atoms with Gasteiger partial charge >= 0.3 is 0 Å². The van der Waals surface area contributed by atoms with Crippen molar-refractivity contribution in [2.75, 3.05) is 0 Å². The van der Waals surface area contributed by atoms with E-state index in [1.54, 1.807) is 24.3 Å². The smallest absolute Gasteiger partial charge is 0.278 e. The summed E-state index contributed by atoms with van der Waals surface area (Å²) in [6.45, 7) is -1.38. The van der Waals surface area contributed by atoms with Crippen LogP contribution in [0.15, 0.2) is 47.4 Å². The summed E-state index contributed by atoms with van der Waals surface area (Å²) in [5, 5.41) is 0. The summed E-state index contributed by atoms with van der Waals surface area (Å²) in [5.41, 5.74) is 0.755. The largest absolute Gasteiger partial charge is 0.284 e. The van der Waals surface area contributed by atoms with Gasteiger partial charge in [-0.05, 0) is 17.7 Å². The highest BCUT2D eigenvalue weighted by molar-refractivity contribution is 5.74. The Kier molecular flexibility index (Phi) is 4.10. The summed E-state index contributed by atoms with van der Waals surface area (Å²) >= 11 is 0. The SMILES string of the molecule is O=c1c(-c2ccc(CF)cc2)nc2cccnc2n1CC(F)F. The molecule has 0 fully saturated rings. The minimum atomic E-state index is -2.69. The first kappa shape index (κ1) is 15.2. The van der Waals surface area contributed by atoms with Crippen molar-refractivity contribution in [3.8, 4) is 11.3 Å². The number of alkyl halides is 3. The Balaban J connectivity index is 2.24. The molecule has 4 nitrogen and oxygen atoms in total. The van der Waals surface area contributed by atoms with Gasteiger partial charge in [0.2, 0.25) is 0 Å². The molecule has 0 atom stereocenters. The van der Waals surface area contributed by atoms with Gasteiger partial charge in [0, 0.05) is 11.8 Å². The third-order valence-electron chi connectivity index (χ3n) is 3.40. The number of hydrogen-bond donors (Lipinski definition) is 0. The van der Waals surface area contributed by atoms with Gasteiger partial charge in [-0.3, -0.25) is 9.36 Å². The van der Waals surface area contributed by atoms with Gasteiger partial charge in [-0.15, -0.1) is 0 Å². The van der Waals surface area contributed by atoms with Crippen LogP contribution in [-0.4, -0.2) is 21.0 Å². The Morgan fingerprint density at radius 2 is 1.87 bits per heavy atom. The molecule has 0 aliphatic carbocycles. The number of nitrogens with zero attached hydrogens (tertiary/aromatic N) is 3. The summed E-state index contributed by atoms with van der Waals surface area (Å²) in [7, 11) is 0. The van der Waals surface area contributed by atoms with Crippen molar-refractivity contribution in [1.82, 2.24) is 14.5 Å². The van der Waals surface area contributed by atoms with Crippen molar-refractivity contribution in [2.24, 2.45) is 0 Å². The number of aromatic nitrogens is 3. The van der Waals surface area contributed by atoms with Crippen molar-refractivity contribution in [1.29, 1.82) is 0 Å². The molecule has 23 heavy (non-hydrogen) atoms. The summed E-state index contributed by atoms with van der Waals surface area (Å²) in [5.74, 6) is 0. The quantitative estimate of drug-likeness (QED) is 0.742. The Morgan fingerprint density at radius 1 is 1.13 bits per heavy atom. The molecule has 2 heterocycles. The molecule has 0 aliphatic rings. The predicted octanol–water partition coefficient (Wildman–Crippen LogP) is 3.19. The molecular weight excluding hydrogens is 307 g/mol. The summed E-state index contributed by atoms with van der Waals surface area (Å²) < 4.78 is 39.1. The average Bonchev–Trinajstić information content (AvgIpc) is 2.57. The third kappa shape index (κ3) is 2.94. The van der Waals surface area contributed by atoms with Crippen LogP contribution >= 0.6 is 0 Å². The normalized spacial score (nSPS) is 11.3. The van der Waals surface area contributed by atoms with Crippen LogP contribution in [0.1, 0.15) is 5.56 Å². The minimum Gasteiger partial charge on any atom is -0.284 e.